The molecule has 1 atom stereocenters. The van der Waals surface area contributed by atoms with Crippen LogP contribution in [0.5, 0.6) is 0 Å². The third kappa shape index (κ3) is 3.43. The fraction of sp³-hybridized carbons (Fsp3) is 0.500. The van der Waals surface area contributed by atoms with Gasteiger partial charge in [-0.2, -0.15) is 0 Å². The van der Waals surface area contributed by atoms with E-state index in [1.165, 1.54) is 11.3 Å². The summed E-state index contributed by atoms with van der Waals surface area (Å²) < 4.78 is 0. The zero-order valence-electron chi connectivity index (χ0n) is 17.4. The highest BCUT2D eigenvalue weighted by atomic mass is 32.1. The highest BCUT2D eigenvalue weighted by molar-refractivity contribution is 7.13. The molecule has 30 heavy (non-hydrogen) atoms. The molecule has 158 valence electrons. The van der Waals surface area contributed by atoms with Crippen LogP contribution in [0, 0.1) is 25.2 Å². The summed E-state index contributed by atoms with van der Waals surface area (Å²) >= 11 is 1.49. The molecule has 1 aromatic heterocycles. The van der Waals surface area contributed by atoms with Gasteiger partial charge in [0.25, 0.3) is 5.91 Å². The molecule has 3 amide bonds. The molecule has 2 N–H and O–H groups in total. The molecule has 0 aromatic carbocycles. The number of aromatic nitrogens is 1. The number of nitrogens with zero attached hydrogens (tertiary/aromatic N) is 3. The van der Waals surface area contributed by atoms with E-state index >= 15 is 0 Å². The number of aryl methyl sites for hydroxylation is 2. The third-order valence-electron chi connectivity index (χ3n) is 6.89. The van der Waals surface area contributed by atoms with Crippen LogP contribution in [0.1, 0.15) is 39.6 Å². The van der Waals surface area contributed by atoms with Crippen LogP contribution in [0.4, 0.5) is 4.79 Å². The van der Waals surface area contributed by atoms with Gasteiger partial charge in [-0.15, -0.1) is 11.3 Å². The van der Waals surface area contributed by atoms with E-state index < -0.39 is 0 Å². The van der Waals surface area contributed by atoms with Crippen LogP contribution in [0.25, 0.3) is 0 Å². The van der Waals surface area contributed by atoms with E-state index in [0.717, 1.165) is 59.1 Å². The van der Waals surface area contributed by atoms with E-state index in [2.05, 4.69) is 15.6 Å². The Morgan fingerprint density at radius 1 is 1.33 bits per heavy atom. The summed E-state index contributed by atoms with van der Waals surface area (Å²) in [6.07, 6.45) is 10.9. The first-order chi connectivity index (χ1) is 14.4. The number of nitrogens with one attached hydrogen (secondary N) is 2. The Morgan fingerprint density at radius 3 is 2.83 bits per heavy atom. The number of thiazole rings is 1. The Labute approximate surface area is 180 Å². The summed E-state index contributed by atoms with van der Waals surface area (Å²) in [4.78, 5) is 34.3. The number of hydrogen-bond acceptors (Lipinski definition) is 5. The number of rotatable bonds is 3. The molecule has 2 fully saturated rings. The van der Waals surface area contributed by atoms with Crippen molar-refractivity contribution < 1.29 is 9.59 Å². The zero-order valence-corrected chi connectivity index (χ0v) is 18.2. The van der Waals surface area contributed by atoms with Crippen molar-refractivity contribution in [2.24, 2.45) is 11.3 Å². The Hall–Kier alpha value is -2.61. The molecule has 4 aliphatic rings. The number of hydrogen-bond donors (Lipinski definition) is 2. The van der Waals surface area contributed by atoms with Gasteiger partial charge in [0.2, 0.25) is 0 Å². The summed E-state index contributed by atoms with van der Waals surface area (Å²) in [5.41, 5.74) is 3.37. The SMILES string of the molecule is Cc1nc(C)c(C(=O)N2CCC3(CC2)CC3CNC(=O)N2C=C3C=CNC=C3C2)s1. The van der Waals surface area contributed by atoms with Gasteiger partial charge in [0, 0.05) is 38.2 Å². The van der Waals surface area contributed by atoms with Crippen molar-refractivity contribution in [3.63, 3.8) is 0 Å². The van der Waals surface area contributed by atoms with Crippen molar-refractivity contribution in [1.29, 1.82) is 0 Å². The molecule has 1 spiro atoms. The monoisotopic (exact) mass is 425 g/mol. The molecule has 1 saturated heterocycles. The van der Waals surface area contributed by atoms with Crippen molar-refractivity contribution in [2.45, 2.75) is 33.1 Å². The minimum atomic E-state index is -0.0306. The standard InChI is InChI=1S/C22H27N5O2S/c1-14-19(30-15(2)25-14)20(28)26-7-4-22(5-8-26)9-18(22)11-24-21(29)27-12-16-3-6-23-10-17(16)13-27/h3,6,10,12,18,23H,4-5,7-9,11,13H2,1-2H3,(H,24,29). The molecule has 1 aromatic rings. The average molecular weight is 426 g/mol. The Morgan fingerprint density at radius 2 is 2.13 bits per heavy atom. The molecule has 8 heteroatoms. The summed E-state index contributed by atoms with van der Waals surface area (Å²) in [5, 5.41) is 7.13. The maximum Gasteiger partial charge on any atom is 0.321 e. The molecule has 1 aliphatic carbocycles. The Balaban J connectivity index is 1.11. The second-order valence-corrected chi connectivity index (χ2v) is 9.97. The van der Waals surface area contributed by atoms with Crippen LogP contribution in [-0.4, -0.2) is 52.9 Å². The molecule has 0 bridgehead atoms. The molecular weight excluding hydrogens is 398 g/mol. The number of carbonyl (C=O) groups excluding carboxylic acids is 2. The maximum absolute atomic E-state index is 12.8. The molecule has 5 rings (SSSR count). The highest BCUT2D eigenvalue weighted by Gasteiger charge is 2.55. The van der Waals surface area contributed by atoms with Crippen molar-refractivity contribution >= 4 is 23.3 Å². The van der Waals surface area contributed by atoms with Gasteiger partial charge in [0.15, 0.2) is 0 Å². The number of fused-ring (bicyclic) bond motifs is 1. The summed E-state index contributed by atoms with van der Waals surface area (Å²) in [6, 6.07) is -0.0306. The Bertz CT molecular complexity index is 984. The van der Waals surface area contributed by atoms with Crippen LogP contribution in [0.15, 0.2) is 35.8 Å². The smallest absolute Gasteiger partial charge is 0.321 e. The van der Waals surface area contributed by atoms with Gasteiger partial charge < -0.3 is 15.5 Å². The molecule has 3 aliphatic heterocycles. The van der Waals surface area contributed by atoms with E-state index in [9.17, 15) is 9.59 Å². The molecule has 1 unspecified atom stereocenters. The van der Waals surface area contributed by atoms with Crippen molar-refractivity contribution in [3.8, 4) is 0 Å². The Kier molecular flexibility index (Phi) is 4.69. The van der Waals surface area contributed by atoms with Crippen molar-refractivity contribution in [2.75, 3.05) is 26.2 Å². The first kappa shape index (κ1) is 19.4. The van der Waals surface area contributed by atoms with Gasteiger partial charge in [-0.25, -0.2) is 9.78 Å². The first-order valence-electron chi connectivity index (χ1n) is 10.6. The van der Waals surface area contributed by atoms with Gasteiger partial charge in [-0.05, 0) is 61.7 Å². The lowest BCUT2D eigenvalue weighted by atomic mass is 9.90. The predicted octanol–water partition coefficient (Wildman–Crippen LogP) is 2.91. The van der Waals surface area contributed by atoms with E-state index in [4.69, 9.17) is 0 Å². The summed E-state index contributed by atoms with van der Waals surface area (Å²) in [6.45, 7) is 6.78. The van der Waals surface area contributed by atoms with Crippen LogP contribution in [0.2, 0.25) is 0 Å². The molecular formula is C22H27N5O2S. The normalized spacial score (nSPS) is 23.6. The fourth-order valence-corrected chi connectivity index (χ4v) is 5.83. The average Bonchev–Trinajstić information content (AvgIpc) is 3.07. The first-order valence-corrected chi connectivity index (χ1v) is 11.4. The third-order valence-corrected chi connectivity index (χ3v) is 7.95. The van der Waals surface area contributed by atoms with Crippen LogP contribution < -0.4 is 10.6 Å². The van der Waals surface area contributed by atoms with Crippen LogP contribution >= 0.6 is 11.3 Å². The second-order valence-electron chi connectivity index (χ2n) is 8.77. The number of carbonyl (C=O) groups is 2. The number of urea groups is 1. The van der Waals surface area contributed by atoms with Gasteiger partial charge in [-0.3, -0.25) is 9.69 Å². The number of allylic oxidation sites excluding steroid dienone is 1. The minimum absolute atomic E-state index is 0.0306. The number of likely N-dealkylation sites (tertiary alicyclic amines) is 1. The van der Waals surface area contributed by atoms with Crippen LogP contribution in [0.3, 0.4) is 0 Å². The number of piperidine rings is 1. The van der Waals surface area contributed by atoms with E-state index in [1.54, 1.807) is 4.90 Å². The lowest BCUT2D eigenvalue weighted by molar-refractivity contribution is 0.0673. The fourth-order valence-electron chi connectivity index (χ4n) is 4.94. The van der Waals surface area contributed by atoms with Gasteiger partial charge in [0.05, 0.1) is 17.2 Å². The largest absolute Gasteiger partial charge is 0.367 e. The predicted molar refractivity (Wildman–Crippen MR) is 116 cm³/mol. The maximum atomic E-state index is 12.8. The minimum Gasteiger partial charge on any atom is -0.367 e. The summed E-state index contributed by atoms with van der Waals surface area (Å²) in [7, 11) is 0. The molecule has 4 heterocycles. The lowest BCUT2D eigenvalue weighted by Crippen LogP contribution is -2.41. The number of amides is 3. The van der Waals surface area contributed by atoms with Crippen molar-refractivity contribution in [3.05, 3.63) is 51.4 Å². The molecule has 0 radical (unpaired) electrons. The van der Waals surface area contributed by atoms with E-state index in [-0.39, 0.29) is 11.9 Å². The topological polar surface area (TPSA) is 77.6 Å². The highest BCUT2D eigenvalue weighted by Crippen LogP contribution is 2.59. The van der Waals surface area contributed by atoms with Gasteiger partial charge in [-0.1, -0.05) is 0 Å². The molecule has 1 saturated carbocycles. The lowest BCUT2D eigenvalue weighted by Gasteiger charge is -2.33. The number of dihydropyridines is 1. The zero-order chi connectivity index (χ0) is 20.9. The van der Waals surface area contributed by atoms with E-state index in [1.807, 2.05) is 43.4 Å². The van der Waals surface area contributed by atoms with E-state index in [0.29, 0.717) is 24.4 Å². The van der Waals surface area contributed by atoms with Gasteiger partial charge in [0.1, 0.15) is 4.88 Å². The van der Waals surface area contributed by atoms with Crippen molar-refractivity contribution in [1.82, 2.24) is 25.4 Å². The molecule has 7 nitrogen and oxygen atoms in total. The van der Waals surface area contributed by atoms with Crippen LogP contribution in [-0.2, 0) is 0 Å². The second kappa shape index (κ2) is 7.27. The van der Waals surface area contributed by atoms with Gasteiger partial charge >= 0.3 is 6.03 Å². The summed E-state index contributed by atoms with van der Waals surface area (Å²) in [5.74, 6) is 0.643. The quantitative estimate of drug-likeness (QED) is 0.781.